The smallest absolute Gasteiger partial charge is 0.350 e. The van der Waals surface area contributed by atoms with Crippen molar-refractivity contribution in [1.29, 1.82) is 0 Å². The Morgan fingerprint density at radius 3 is 2.80 bits per heavy atom. The van der Waals surface area contributed by atoms with E-state index >= 15 is 0 Å². The maximum Gasteiger partial charge on any atom is 0.350 e. The number of carbonyl (C=O) groups is 1. The Morgan fingerprint density at radius 1 is 1.17 bits per heavy atom. The Balaban J connectivity index is 1.27. The Kier molecular flexibility index (Phi) is 4.72. The summed E-state index contributed by atoms with van der Waals surface area (Å²) < 4.78 is 23.8. The molecular weight excluding hydrogens is 406 g/mol. The molecule has 152 valence electrons. The highest BCUT2D eigenvalue weighted by Gasteiger charge is 2.19. The Hall–Kier alpha value is -3.59. The van der Waals surface area contributed by atoms with E-state index in [-0.39, 0.29) is 6.61 Å². The largest absolute Gasteiger partial charge is 0.486 e. The first-order chi connectivity index (χ1) is 14.7. The van der Waals surface area contributed by atoms with Crippen LogP contribution >= 0.6 is 11.3 Å². The summed E-state index contributed by atoms with van der Waals surface area (Å²) in [5.74, 6) is 1.49. The molecular formula is C21H17N3O5S. The van der Waals surface area contributed by atoms with E-state index in [2.05, 4.69) is 10.1 Å². The van der Waals surface area contributed by atoms with Crippen LogP contribution in [0.4, 0.5) is 0 Å². The molecule has 0 bridgehead atoms. The van der Waals surface area contributed by atoms with Crippen LogP contribution in [-0.2, 0) is 11.3 Å². The number of hydrogen-bond donors (Lipinski definition) is 0. The van der Waals surface area contributed by atoms with Gasteiger partial charge in [-0.05, 0) is 37.3 Å². The van der Waals surface area contributed by atoms with Gasteiger partial charge < -0.3 is 23.3 Å². The second kappa shape index (κ2) is 7.68. The van der Waals surface area contributed by atoms with Gasteiger partial charge in [0.05, 0.1) is 5.69 Å². The van der Waals surface area contributed by atoms with Gasteiger partial charge in [0.2, 0.25) is 0 Å². The Bertz CT molecular complexity index is 1200. The van der Waals surface area contributed by atoms with E-state index < -0.39 is 5.97 Å². The maximum atomic E-state index is 12.5. The van der Waals surface area contributed by atoms with Gasteiger partial charge in [0.25, 0.3) is 0 Å². The molecule has 4 heterocycles. The molecule has 0 spiro atoms. The first-order valence-electron chi connectivity index (χ1n) is 9.31. The highest BCUT2D eigenvalue weighted by atomic mass is 32.1. The van der Waals surface area contributed by atoms with Crippen molar-refractivity contribution in [3.63, 3.8) is 0 Å². The fourth-order valence-electron chi connectivity index (χ4n) is 3.06. The van der Waals surface area contributed by atoms with Gasteiger partial charge in [0, 0.05) is 24.0 Å². The van der Waals surface area contributed by atoms with Crippen LogP contribution in [0.3, 0.4) is 0 Å². The first-order valence-corrected chi connectivity index (χ1v) is 10.1. The van der Waals surface area contributed by atoms with Crippen LogP contribution in [0.25, 0.3) is 16.5 Å². The molecule has 1 aliphatic heterocycles. The molecule has 0 N–H and O–H groups in total. The summed E-state index contributed by atoms with van der Waals surface area (Å²) >= 11 is 1.28. The lowest BCUT2D eigenvalue weighted by atomic mass is 10.1. The minimum Gasteiger partial charge on any atom is -0.486 e. The molecule has 0 saturated carbocycles. The number of thiazole rings is 1. The molecule has 1 aromatic carbocycles. The molecule has 0 aliphatic carbocycles. The van der Waals surface area contributed by atoms with Crippen molar-refractivity contribution >= 4 is 17.3 Å². The molecule has 30 heavy (non-hydrogen) atoms. The van der Waals surface area contributed by atoms with Crippen LogP contribution in [0.5, 0.6) is 11.5 Å². The maximum absolute atomic E-state index is 12.5. The summed E-state index contributed by atoms with van der Waals surface area (Å²) in [7, 11) is 0. The molecule has 5 rings (SSSR count). The third-order valence-corrected chi connectivity index (χ3v) is 5.68. The van der Waals surface area contributed by atoms with Crippen molar-refractivity contribution in [2.24, 2.45) is 0 Å². The second-order valence-corrected chi connectivity index (χ2v) is 7.60. The number of rotatable bonds is 5. The van der Waals surface area contributed by atoms with Crippen LogP contribution in [0.1, 0.15) is 21.1 Å². The van der Waals surface area contributed by atoms with Crippen molar-refractivity contribution < 1.29 is 23.5 Å². The third-order valence-electron chi connectivity index (χ3n) is 4.53. The van der Waals surface area contributed by atoms with Gasteiger partial charge in [-0.25, -0.2) is 9.78 Å². The highest BCUT2D eigenvalue weighted by molar-refractivity contribution is 7.16. The van der Waals surface area contributed by atoms with Crippen LogP contribution in [0.15, 0.2) is 53.3 Å². The Morgan fingerprint density at radius 2 is 1.97 bits per heavy atom. The van der Waals surface area contributed by atoms with Crippen molar-refractivity contribution in [2.75, 3.05) is 13.2 Å². The molecule has 3 aromatic heterocycles. The lowest BCUT2D eigenvalue weighted by molar-refractivity contribution is 0.0469. The summed E-state index contributed by atoms with van der Waals surface area (Å²) in [6.07, 6.45) is 3.75. The van der Waals surface area contributed by atoms with Gasteiger partial charge in [0.15, 0.2) is 22.4 Å². The highest BCUT2D eigenvalue weighted by Crippen LogP contribution is 2.34. The zero-order chi connectivity index (χ0) is 20.5. The lowest BCUT2D eigenvalue weighted by Gasteiger charge is -2.18. The summed E-state index contributed by atoms with van der Waals surface area (Å²) in [6, 6.07) is 11.1. The zero-order valence-corrected chi connectivity index (χ0v) is 16.8. The van der Waals surface area contributed by atoms with E-state index in [9.17, 15) is 4.79 Å². The van der Waals surface area contributed by atoms with Gasteiger partial charge in [-0.15, -0.1) is 0 Å². The number of aryl methyl sites for hydroxylation is 1. The summed E-state index contributed by atoms with van der Waals surface area (Å²) in [5.41, 5.74) is 1.95. The van der Waals surface area contributed by atoms with Crippen molar-refractivity contribution in [3.8, 4) is 28.0 Å². The van der Waals surface area contributed by atoms with Gasteiger partial charge >= 0.3 is 5.97 Å². The topological polar surface area (TPSA) is 88.6 Å². The van der Waals surface area contributed by atoms with Crippen LogP contribution in [0, 0.1) is 6.92 Å². The third kappa shape index (κ3) is 3.55. The number of benzene rings is 1. The number of carbonyl (C=O) groups excluding carboxylic acids is 1. The quantitative estimate of drug-likeness (QED) is 0.448. The van der Waals surface area contributed by atoms with Gasteiger partial charge in [-0.3, -0.25) is 0 Å². The molecule has 0 fully saturated rings. The predicted molar refractivity (Wildman–Crippen MR) is 108 cm³/mol. The van der Waals surface area contributed by atoms with E-state index in [1.165, 1.54) is 11.3 Å². The normalized spacial score (nSPS) is 12.7. The number of fused-ring (bicyclic) bond motifs is 1. The monoisotopic (exact) mass is 423 g/mol. The van der Waals surface area contributed by atoms with Crippen molar-refractivity contribution in [3.05, 3.63) is 65.1 Å². The fourth-order valence-corrected chi connectivity index (χ4v) is 3.99. The summed E-state index contributed by atoms with van der Waals surface area (Å²) in [5, 5.41) is 4.71. The minimum atomic E-state index is -0.438. The summed E-state index contributed by atoms with van der Waals surface area (Å²) in [6.45, 7) is 2.84. The second-order valence-electron chi connectivity index (χ2n) is 6.62. The molecule has 1 aliphatic rings. The van der Waals surface area contributed by atoms with Gasteiger partial charge in [-0.1, -0.05) is 16.5 Å². The predicted octanol–water partition coefficient (Wildman–Crippen LogP) is 4.03. The number of esters is 1. The van der Waals surface area contributed by atoms with E-state index in [1.54, 1.807) is 13.0 Å². The number of hydrogen-bond acceptors (Lipinski definition) is 8. The number of nitrogens with zero attached hydrogens (tertiary/aromatic N) is 3. The molecule has 0 saturated heterocycles. The fraction of sp³-hybridized carbons (Fsp3) is 0.190. The molecule has 0 amide bonds. The van der Waals surface area contributed by atoms with Crippen LogP contribution in [0.2, 0.25) is 0 Å². The van der Waals surface area contributed by atoms with E-state index in [4.69, 9.17) is 18.7 Å². The summed E-state index contributed by atoms with van der Waals surface area (Å²) in [4.78, 5) is 17.4. The number of aromatic nitrogens is 3. The van der Waals surface area contributed by atoms with Crippen LogP contribution < -0.4 is 9.47 Å². The lowest BCUT2D eigenvalue weighted by Crippen LogP contribution is -2.15. The first kappa shape index (κ1) is 18.4. The molecule has 0 radical (unpaired) electrons. The standard InChI is InChI=1S/C21H17N3O5S/c1-13-19(30-21(22-13)24-6-2-3-7-24)20(25)28-12-15-11-17(29-23-15)14-4-5-16-18(10-14)27-9-8-26-16/h2-7,10-11H,8-9,12H2,1H3. The molecule has 9 heteroatoms. The zero-order valence-electron chi connectivity index (χ0n) is 16.0. The van der Waals surface area contributed by atoms with Gasteiger partial charge in [0.1, 0.15) is 30.4 Å². The molecule has 4 aromatic rings. The molecule has 0 unspecified atom stereocenters. The SMILES string of the molecule is Cc1nc(-n2cccc2)sc1C(=O)OCc1cc(-c2ccc3c(c2)OCCO3)on1. The van der Waals surface area contributed by atoms with Crippen molar-refractivity contribution in [1.82, 2.24) is 14.7 Å². The van der Waals surface area contributed by atoms with Gasteiger partial charge in [-0.2, -0.15) is 0 Å². The Labute approximate surface area is 175 Å². The van der Waals surface area contributed by atoms with E-state index in [1.807, 2.05) is 47.3 Å². The minimum absolute atomic E-state index is 0.00305. The number of ether oxygens (including phenoxy) is 3. The van der Waals surface area contributed by atoms with Crippen LogP contribution in [-0.4, -0.2) is 33.9 Å². The average molecular weight is 423 g/mol. The van der Waals surface area contributed by atoms with Crippen molar-refractivity contribution in [2.45, 2.75) is 13.5 Å². The van der Waals surface area contributed by atoms with E-state index in [0.717, 1.165) is 5.56 Å². The molecule has 0 atom stereocenters. The molecule has 8 nitrogen and oxygen atoms in total. The van der Waals surface area contributed by atoms with E-state index in [0.29, 0.717) is 51.9 Å². The average Bonchev–Trinajstić information content (AvgIpc) is 3.52.